The number of nitrogens with zero attached hydrogens (tertiary/aromatic N) is 2. The number of fused-ring (bicyclic) bond motifs is 4. The number of aryl methyl sites for hydroxylation is 4. The number of urea groups is 2. The molecule has 0 radical (unpaired) electrons. The van der Waals surface area contributed by atoms with Crippen LogP contribution in [-0.2, 0) is 80.6 Å². The third-order valence-corrected chi connectivity index (χ3v) is 12.3. The zero-order valence-corrected chi connectivity index (χ0v) is 36.7. The van der Waals surface area contributed by atoms with Crippen LogP contribution in [0.3, 0.4) is 0 Å². The maximum absolute atomic E-state index is 12.4. The van der Waals surface area contributed by atoms with Crippen molar-refractivity contribution in [2.75, 3.05) is 50.6 Å². The van der Waals surface area contributed by atoms with Crippen molar-refractivity contribution >= 4 is 58.3 Å². The number of rotatable bonds is 14. The van der Waals surface area contributed by atoms with E-state index in [4.69, 9.17) is 4.79 Å². The second-order valence-corrected chi connectivity index (χ2v) is 17.3. The Bertz CT molecular complexity index is 1860. The first-order chi connectivity index (χ1) is 28.3. The fourth-order valence-corrected chi connectivity index (χ4v) is 9.27. The van der Waals surface area contributed by atoms with Crippen LogP contribution in [0.4, 0.5) is 21.0 Å². The number of carbonyl (C=O) groups excluding carboxylic acids is 6. The van der Waals surface area contributed by atoms with Crippen molar-refractivity contribution in [1.82, 2.24) is 19.8 Å². The van der Waals surface area contributed by atoms with Gasteiger partial charge in [0.05, 0.1) is 0 Å². The number of aldehydes is 1. The number of carbonyl (C=O) groups is 6. The first-order valence-electron chi connectivity index (χ1n) is 21.2. The van der Waals surface area contributed by atoms with E-state index in [0.29, 0.717) is 19.4 Å². The number of nitrogens with one attached hydrogen (secondary N) is 4. The zero-order chi connectivity index (χ0) is 43.5. The van der Waals surface area contributed by atoms with Gasteiger partial charge in [-0.25, -0.2) is 22.7 Å². The Morgan fingerprint density at radius 3 is 1.47 bits per heavy atom. The number of hydrogen-bond donors (Lipinski definition) is 4. The molecule has 2 aromatic carbocycles. The predicted molar refractivity (Wildman–Crippen MR) is 241 cm³/mol. The number of anilines is 2. The molecule has 4 N–H and O–H groups in total. The molecule has 6 amide bonds. The Labute approximate surface area is 357 Å². The van der Waals surface area contributed by atoms with E-state index in [1.165, 1.54) is 64.0 Å². The van der Waals surface area contributed by atoms with Gasteiger partial charge in [0, 0.05) is 64.2 Å². The van der Waals surface area contributed by atoms with E-state index in [-0.39, 0.29) is 17.6 Å². The van der Waals surface area contributed by atoms with Gasteiger partial charge in [0.15, 0.2) is 0 Å². The van der Waals surface area contributed by atoms with Gasteiger partial charge in [0.25, 0.3) is 0 Å². The van der Waals surface area contributed by atoms with Crippen molar-refractivity contribution in [3.05, 3.63) is 56.6 Å². The van der Waals surface area contributed by atoms with Gasteiger partial charge in [0.2, 0.25) is 21.8 Å². The third-order valence-electron chi connectivity index (χ3n) is 11.1. The summed E-state index contributed by atoms with van der Waals surface area (Å²) >= 11 is 0. The largest absolute Gasteiger partial charge is 0.346 e. The summed E-state index contributed by atoms with van der Waals surface area (Å²) in [6.45, 7) is 7.26. The lowest BCUT2D eigenvalue weighted by atomic mass is 9.99. The fourth-order valence-electron chi connectivity index (χ4n) is 8.31. The maximum atomic E-state index is 12.4. The third kappa shape index (κ3) is 14.2. The monoisotopic (exact) mass is 847 g/mol. The molecule has 4 aliphatic carbocycles. The van der Waals surface area contributed by atoms with Gasteiger partial charge in [0.1, 0.15) is 18.8 Å². The lowest BCUT2D eigenvalue weighted by Gasteiger charge is -2.18. The normalized spacial score (nSPS) is 13.9. The van der Waals surface area contributed by atoms with Gasteiger partial charge in [-0.1, -0.05) is 26.0 Å². The maximum Gasteiger partial charge on any atom is 0.332 e. The Hall–Kier alpha value is -4.79. The Morgan fingerprint density at radius 2 is 1.08 bits per heavy atom. The van der Waals surface area contributed by atoms with Crippen LogP contribution in [0.15, 0.2) is 12.1 Å². The Morgan fingerprint density at radius 1 is 0.678 bits per heavy atom. The fraction of sp³-hybridized carbons (Fsp3) is 0.591. The topological polar surface area (TPSA) is 191 Å². The number of amides is 6. The van der Waals surface area contributed by atoms with E-state index in [9.17, 15) is 32.4 Å². The molecular weight excluding hydrogens is 773 g/mol. The SMILES string of the molecule is C=O.CCCN(C)C(=O)CCCCC=O.CCCN(C)C(=O)CS(=O)(=O)NC(=O)Nc1c2c(cc3c1CCC3)CCC2.CNC(=O)Nc1c2c(cc3c1CCC3)CCC2.[HH].[HH].[HH].[HH]. The highest BCUT2D eigenvalue weighted by Crippen LogP contribution is 2.39. The molecule has 0 aromatic heterocycles. The van der Waals surface area contributed by atoms with Gasteiger partial charge >= 0.3 is 12.1 Å². The van der Waals surface area contributed by atoms with Gasteiger partial charge in [-0.05, 0) is 147 Å². The van der Waals surface area contributed by atoms with Gasteiger partial charge in [-0.2, -0.15) is 0 Å². The second-order valence-electron chi connectivity index (χ2n) is 15.5. The van der Waals surface area contributed by atoms with Gasteiger partial charge in [-0.3, -0.25) is 9.59 Å². The minimum atomic E-state index is -4.04. The molecule has 0 bridgehead atoms. The highest BCUT2D eigenvalue weighted by molar-refractivity contribution is 7.90. The van der Waals surface area contributed by atoms with E-state index in [0.717, 1.165) is 112 Å². The number of unbranched alkanes of at least 4 members (excludes halogenated alkanes) is 2. The van der Waals surface area contributed by atoms with Crippen LogP contribution in [0.5, 0.6) is 0 Å². The molecule has 15 heteroatoms. The van der Waals surface area contributed by atoms with Crippen molar-refractivity contribution in [3.63, 3.8) is 0 Å². The number of benzene rings is 2. The van der Waals surface area contributed by atoms with Crippen LogP contribution in [0.1, 0.15) is 128 Å². The van der Waals surface area contributed by atoms with Crippen LogP contribution >= 0.6 is 0 Å². The number of hydrogen-bond acceptors (Lipinski definition) is 8. The van der Waals surface area contributed by atoms with Crippen molar-refractivity contribution in [2.24, 2.45) is 0 Å². The summed E-state index contributed by atoms with van der Waals surface area (Å²) in [5, 5.41) is 8.46. The summed E-state index contributed by atoms with van der Waals surface area (Å²) in [4.78, 5) is 68.3. The molecule has 0 aliphatic heterocycles. The molecule has 0 saturated carbocycles. The van der Waals surface area contributed by atoms with Crippen molar-refractivity contribution < 1.29 is 42.9 Å². The van der Waals surface area contributed by atoms with Gasteiger partial charge < -0.3 is 35.3 Å². The molecule has 14 nitrogen and oxygen atoms in total. The van der Waals surface area contributed by atoms with Crippen molar-refractivity contribution in [1.29, 1.82) is 0 Å². The van der Waals surface area contributed by atoms with Crippen LogP contribution in [0.2, 0.25) is 0 Å². The van der Waals surface area contributed by atoms with E-state index in [1.54, 1.807) is 19.0 Å². The Kier molecular flexibility index (Phi) is 20.0. The van der Waals surface area contributed by atoms with E-state index >= 15 is 0 Å². The van der Waals surface area contributed by atoms with Crippen LogP contribution < -0.4 is 20.7 Å². The summed E-state index contributed by atoms with van der Waals surface area (Å²) in [6, 6.07) is 3.72. The minimum absolute atomic E-state index is 0. The molecule has 6 rings (SSSR count). The molecule has 0 spiro atoms. The van der Waals surface area contributed by atoms with E-state index < -0.39 is 27.7 Å². The second kappa shape index (κ2) is 24.3. The first-order valence-corrected chi connectivity index (χ1v) is 22.8. The molecule has 0 heterocycles. The summed E-state index contributed by atoms with van der Waals surface area (Å²) < 4.78 is 26.4. The molecule has 0 atom stereocenters. The van der Waals surface area contributed by atoms with E-state index in [1.807, 2.05) is 25.5 Å². The molecular formula is C44H74N6O8S. The standard InChI is InChI=1S/C19H27N3O4S.C14H18N2O.C10H19NO2.CH2O.4H2/c1-3-10-22(2)17(23)12-27(25,26)21-19(24)20-18-15-8-4-6-13(15)11-14-7-5-9-16(14)18;1-15-14(17)16-13-11-6-2-4-9(11)8-10-5-3-7-12(10)13;1-3-8-11(2)10(13)7-5-4-6-9-12;1-2;;;;/h11H,3-10,12H2,1-2H3,(H2,20,21,24);8H,2-7H2,1H3,(H2,15,16,17);9H,3-8H2,1-2H3;1H2;4*1H. The molecule has 0 saturated heterocycles. The van der Waals surface area contributed by atoms with E-state index in [2.05, 4.69) is 35.0 Å². The lowest BCUT2D eigenvalue weighted by Crippen LogP contribution is -2.41. The molecule has 2 aromatic rings. The molecule has 59 heavy (non-hydrogen) atoms. The van der Waals surface area contributed by atoms with Crippen LogP contribution in [-0.4, -0.2) is 95.2 Å². The highest BCUT2D eigenvalue weighted by atomic mass is 32.2. The van der Waals surface area contributed by atoms with Crippen LogP contribution in [0, 0.1) is 0 Å². The average molecular weight is 847 g/mol. The van der Waals surface area contributed by atoms with Crippen molar-refractivity contribution in [3.8, 4) is 0 Å². The predicted octanol–water partition coefficient (Wildman–Crippen LogP) is 6.81. The molecule has 0 unspecified atom stereocenters. The first kappa shape index (κ1) is 48.6. The average Bonchev–Trinajstić information content (AvgIpc) is 4.05. The molecule has 0 fully saturated rings. The molecule has 334 valence electrons. The quantitative estimate of drug-likeness (QED) is 0.118. The Balaban J connectivity index is 0. The van der Waals surface area contributed by atoms with Gasteiger partial charge in [-0.15, -0.1) is 0 Å². The summed E-state index contributed by atoms with van der Waals surface area (Å²) in [7, 11) is 0.999. The molecule has 4 aliphatic rings. The highest BCUT2D eigenvalue weighted by Gasteiger charge is 2.28. The summed E-state index contributed by atoms with van der Waals surface area (Å²) in [6.07, 6.45) is 18.3. The minimum Gasteiger partial charge on any atom is -0.346 e. The summed E-state index contributed by atoms with van der Waals surface area (Å²) in [5.41, 5.74) is 12.3. The lowest BCUT2D eigenvalue weighted by molar-refractivity contribution is -0.130. The number of sulfonamides is 1. The zero-order valence-electron chi connectivity index (χ0n) is 35.9. The summed E-state index contributed by atoms with van der Waals surface area (Å²) in [5.74, 6) is -1.08. The smallest absolute Gasteiger partial charge is 0.332 e. The van der Waals surface area contributed by atoms with Crippen molar-refractivity contribution in [2.45, 2.75) is 129 Å². The van der Waals surface area contributed by atoms with Crippen LogP contribution in [0.25, 0.3) is 0 Å².